The lowest BCUT2D eigenvalue weighted by atomic mass is 9.91. The third kappa shape index (κ3) is 2.93. The summed E-state index contributed by atoms with van der Waals surface area (Å²) in [5.41, 5.74) is 0. The van der Waals surface area contributed by atoms with Gasteiger partial charge in [-0.1, -0.05) is 6.58 Å². The molecule has 0 heterocycles. The van der Waals surface area contributed by atoms with E-state index in [-0.39, 0.29) is 0 Å². The van der Waals surface area contributed by atoms with Crippen LogP contribution in [0.3, 0.4) is 0 Å². The first-order valence-corrected chi connectivity index (χ1v) is 5.61. The molecular formula is C10H5F15O. The largest absolute Gasteiger partial charge is 0.470 e. The maximum absolute atomic E-state index is 13.1. The highest BCUT2D eigenvalue weighted by atomic mass is 19.4. The summed E-state index contributed by atoms with van der Waals surface area (Å²) in [5.74, 6) is -46.5. The second kappa shape index (κ2) is 6.28. The van der Waals surface area contributed by atoms with E-state index in [0.29, 0.717) is 0 Å². The van der Waals surface area contributed by atoms with Gasteiger partial charge >= 0.3 is 41.6 Å². The fourth-order valence-corrected chi connectivity index (χ4v) is 1.27. The molecule has 0 fully saturated rings. The molecule has 0 aromatic heterocycles. The van der Waals surface area contributed by atoms with Gasteiger partial charge in [0.05, 0.1) is 6.26 Å². The van der Waals surface area contributed by atoms with Crippen LogP contribution in [0.25, 0.3) is 0 Å². The first-order chi connectivity index (χ1) is 11.1. The molecule has 1 nitrogen and oxygen atoms in total. The Bertz CT molecular complexity index is 523. The van der Waals surface area contributed by atoms with Crippen LogP contribution in [0.5, 0.6) is 0 Å². The van der Waals surface area contributed by atoms with Crippen molar-refractivity contribution in [1.82, 2.24) is 0 Å². The van der Waals surface area contributed by atoms with Crippen LogP contribution in [-0.2, 0) is 4.74 Å². The minimum absolute atomic E-state index is 0.716. The lowest BCUT2D eigenvalue weighted by Crippen LogP contribution is -2.73. The zero-order chi connectivity index (χ0) is 21.6. The summed E-state index contributed by atoms with van der Waals surface area (Å²) < 4.78 is 194. The van der Waals surface area contributed by atoms with Crippen molar-refractivity contribution in [3.05, 3.63) is 12.8 Å². The van der Waals surface area contributed by atoms with E-state index in [1.54, 1.807) is 0 Å². The number of hydrogen-bond donors (Lipinski definition) is 0. The van der Waals surface area contributed by atoms with E-state index in [0.717, 1.165) is 0 Å². The third-order valence-corrected chi connectivity index (χ3v) is 2.80. The highest BCUT2D eigenvalue weighted by Gasteiger charge is 2.93. The second-order valence-corrected chi connectivity index (χ2v) is 4.51. The van der Waals surface area contributed by atoms with Crippen LogP contribution in [0.1, 0.15) is 0 Å². The zero-order valence-corrected chi connectivity index (χ0v) is 11.6. The van der Waals surface area contributed by atoms with Gasteiger partial charge in [0, 0.05) is 0 Å². The van der Waals surface area contributed by atoms with Crippen molar-refractivity contribution in [3.8, 4) is 0 Å². The summed E-state index contributed by atoms with van der Waals surface area (Å²) >= 11 is 0. The molecule has 0 atom stereocenters. The molecule has 0 saturated carbocycles. The van der Waals surface area contributed by atoms with Crippen molar-refractivity contribution in [1.29, 1.82) is 0 Å². The molecule has 0 aliphatic heterocycles. The van der Waals surface area contributed by atoms with Gasteiger partial charge in [0.15, 0.2) is 6.67 Å². The Kier molecular flexibility index (Phi) is 5.92. The molecule has 0 amide bonds. The van der Waals surface area contributed by atoms with E-state index < -0.39 is 54.6 Å². The molecule has 0 bridgehead atoms. The molecule has 0 N–H and O–H groups in total. The summed E-state index contributed by atoms with van der Waals surface area (Å²) in [6.45, 7) is -1.64. The number of halogens is 15. The molecular weight excluding hydrogens is 421 g/mol. The molecule has 0 aliphatic rings. The first-order valence-electron chi connectivity index (χ1n) is 5.61. The Morgan fingerprint density at radius 1 is 0.577 bits per heavy atom. The van der Waals surface area contributed by atoms with Gasteiger partial charge in [-0.25, -0.2) is 4.39 Å². The van der Waals surface area contributed by atoms with E-state index in [9.17, 15) is 65.9 Å². The standard InChI is InChI=1S/C10H5F15O/c1-2-26-10(24,25)9(22,23)8(20,21)7(18,19)6(16,17)5(14,15)4(12,13)3-11/h2H,1,3H2. The number of alkyl halides is 15. The topological polar surface area (TPSA) is 9.23 Å². The minimum atomic E-state index is -8.24. The molecule has 0 rings (SSSR count). The quantitative estimate of drug-likeness (QED) is 0.349. The van der Waals surface area contributed by atoms with Crippen molar-refractivity contribution >= 4 is 0 Å². The van der Waals surface area contributed by atoms with Gasteiger partial charge in [0.25, 0.3) is 0 Å². The van der Waals surface area contributed by atoms with E-state index >= 15 is 0 Å². The Morgan fingerprint density at radius 3 is 1.19 bits per heavy atom. The molecule has 26 heavy (non-hydrogen) atoms. The molecule has 0 aromatic rings. The van der Waals surface area contributed by atoms with Crippen molar-refractivity contribution in [2.24, 2.45) is 0 Å². The van der Waals surface area contributed by atoms with Crippen molar-refractivity contribution in [3.63, 3.8) is 0 Å². The summed E-state index contributed by atoms with van der Waals surface area (Å²) in [6, 6.07) is 0. The van der Waals surface area contributed by atoms with Crippen LogP contribution in [0.15, 0.2) is 12.8 Å². The van der Waals surface area contributed by atoms with Gasteiger partial charge in [-0.05, 0) is 0 Å². The second-order valence-electron chi connectivity index (χ2n) is 4.51. The van der Waals surface area contributed by atoms with Gasteiger partial charge in [-0.15, -0.1) is 0 Å². The van der Waals surface area contributed by atoms with E-state index in [2.05, 4.69) is 11.3 Å². The van der Waals surface area contributed by atoms with Crippen LogP contribution in [0, 0.1) is 0 Å². The molecule has 16 heteroatoms. The summed E-state index contributed by atoms with van der Waals surface area (Å²) in [4.78, 5) is 0. The first kappa shape index (κ1) is 24.5. The summed E-state index contributed by atoms with van der Waals surface area (Å²) in [7, 11) is 0. The molecule has 0 saturated heterocycles. The lowest BCUT2D eigenvalue weighted by molar-refractivity contribution is -0.461. The van der Waals surface area contributed by atoms with Crippen LogP contribution >= 0.6 is 0 Å². The Hall–Kier alpha value is -1.51. The third-order valence-electron chi connectivity index (χ3n) is 2.80. The Morgan fingerprint density at radius 2 is 0.885 bits per heavy atom. The highest BCUT2D eigenvalue weighted by molar-refractivity contribution is 5.13. The van der Waals surface area contributed by atoms with E-state index in [4.69, 9.17) is 0 Å². The van der Waals surface area contributed by atoms with Crippen LogP contribution < -0.4 is 0 Å². The van der Waals surface area contributed by atoms with Gasteiger partial charge in [-0.2, -0.15) is 61.5 Å². The van der Waals surface area contributed by atoms with Crippen molar-refractivity contribution < 1.29 is 70.6 Å². The number of ether oxygens (including phenoxy) is 1. The number of rotatable bonds is 9. The average molecular weight is 426 g/mol. The molecule has 0 unspecified atom stereocenters. The molecule has 0 aromatic carbocycles. The summed E-state index contributed by atoms with van der Waals surface area (Å²) in [6.07, 6.45) is -7.43. The smallest absolute Gasteiger partial charge is 0.436 e. The Labute approximate surface area is 133 Å². The van der Waals surface area contributed by atoms with Crippen molar-refractivity contribution in [2.75, 3.05) is 6.67 Å². The molecule has 0 spiro atoms. The maximum Gasteiger partial charge on any atom is 0.470 e. The fourth-order valence-electron chi connectivity index (χ4n) is 1.27. The van der Waals surface area contributed by atoms with Gasteiger partial charge in [-0.3, -0.25) is 0 Å². The summed E-state index contributed by atoms with van der Waals surface area (Å²) in [5, 5.41) is 0. The van der Waals surface area contributed by atoms with Crippen LogP contribution in [-0.4, -0.2) is 48.3 Å². The van der Waals surface area contributed by atoms with E-state index in [1.807, 2.05) is 0 Å². The van der Waals surface area contributed by atoms with Crippen LogP contribution in [0.4, 0.5) is 65.9 Å². The van der Waals surface area contributed by atoms with Gasteiger partial charge in [0.1, 0.15) is 0 Å². The lowest BCUT2D eigenvalue weighted by Gasteiger charge is -2.41. The number of hydrogen-bond acceptors (Lipinski definition) is 1. The molecule has 0 radical (unpaired) electrons. The van der Waals surface area contributed by atoms with Gasteiger partial charge < -0.3 is 4.74 Å². The van der Waals surface area contributed by atoms with Crippen LogP contribution in [0.2, 0.25) is 0 Å². The fraction of sp³-hybridized carbons (Fsp3) is 0.800. The Balaban J connectivity index is 6.49. The highest BCUT2D eigenvalue weighted by Crippen LogP contribution is 2.62. The predicted molar refractivity (Wildman–Crippen MR) is 51.9 cm³/mol. The normalized spacial score (nSPS) is 15.8. The SMILES string of the molecule is C=COC(F)(F)C(F)(F)C(F)(F)C(F)(F)C(F)(F)C(F)(F)C(F)(F)CF. The molecule has 156 valence electrons. The molecule has 0 aliphatic carbocycles. The maximum atomic E-state index is 13.1. The van der Waals surface area contributed by atoms with Crippen molar-refractivity contribution in [2.45, 2.75) is 41.6 Å². The average Bonchev–Trinajstić information content (AvgIpc) is 2.45. The van der Waals surface area contributed by atoms with Gasteiger partial charge in [0.2, 0.25) is 0 Å². The minimum Gasteiger partial charge on any atom is -0.436 e. The predicted octanol–water partition coefficient (Wildman–Crippen LogP) is 5.52. The monoisotopic (exact) mass is 426 g/mol. The zero-order valence-electron chi connectivity index (χ0n) is 11.6. The van der Waals surface area contributed by atoms with E-state index in [1.165, 1.54) is 0 Å².